The van der Waals surface area contributed by atoms with Gasteiger partial charge >= 0.3 is 11.9 Å². The molecule has 4 aliphatic carbocycles. The summed E-state index contributed by atoms with van der Waals surface area (Å²) in [6.07, 6.45) is 7.63. The monoisotopic (exact) mass is 444 g/mol. The fourth-order valence-corrected chi connectivity index (χ4v) is 8.04. The van der Waals surface area contributed by atoms with Gasteiger partial charge in [0.25, 0.3) is 0 Å². The number of fused-ring (bicyclic) bond motifs is 5. The van der Waals surface area contributed by atoms with Crippen LogP contribution >= 0.6 is 0 Å². The molecule has 3 fully saturated rings. The lowest BCUT2D eigenvalue weighted by Gasteiger charge is -2.60. The minimum atomic E-state index is -0.914. The maximum atomic E-state index is 12.7. The summed E-state index contributed by atoms with van der Waals surface area (Å²) in [7, 11) is 0. The lowest BCUT2D eigenvalue weighted by atomic mass is 9.46. The van der Waals surface area contributed by atoms with Gasteiger partial charge in [-0.3, -0.25) is 19.2 Å². The summed E-state index contributed by atoms with van der Waals surface area (Å²) in [5.74, 6) is 0.0949. The number of carbonyl (C=O) groups is 4. The minimum absolute atomic E-state index is 0.000610. The predicted octanol–water partition coefficient (Wildman–Crippen LogP) is 4.50. The molecule has 0 unspecified atom stereocenters. The quantitative estimate of drug-likeness (QED) is 0.606. The van der Waals surface area contributed by atoms with Gasteiger partial charge < -0.3 is 9.84 Å². The summed E-state index contributed by atoms with van der Waals surface area (Å²) in [6.45, 7) is 6.15. The molecule has 0 aromatic heterocycles. The van der Waals surface area contributed by atoms with Crippen LogP contribution in [0.4, 0.5) is 0 Å². The predicted molar refractivity (Wildman–Crippen MR) is 118 cm³/mol. The van der Waals surface area contributed by atoms with E-state index in [0.29, 0.717) is 24.7 Å². The van der Waals surface area contributed by atoms with Gasteiger partial charge in [-0.2, -0.15) is 0 Å². The van der Waals surface area contributed by atoms with Crippen LogP contribution in [-0.4, -0.2) is 34.7 Å². The Morgan fingerprint density at radius 3 is 2.56 bits per heavy atom. The van der Waals surface area contributed by atoms with Crippen molar-refractivity contribution in [3.05, 3.63) is 11.6 Å². The SMILES string of the molecule is CC(=O)[C@H]1CC[C@H]2[C@@H]3CCC4=CC(=O)CC[C@]4(C)[C@H]3[C@H](OC(=O)CCCC(=O)O)C[C@]12C. The number of hydrogen-bond acceptors (Lipinski definition) is 5. The van der Waals surface area contributed by atoms with Gasteiger partial charge in [-0.25, -0.2) is 0 Å². The molecule has 176 valence electrons. The van der Waals surface area contributed by atoms with Crippen LogP contribution in [0, 0.1) is 34.5 Å². The number of esters is 1. The van der Waals surface area contributed by atoms with Crippen molar-refractivity contribution < 1.29 is 29.0 Å². The standard InChI is InChI=1S/C26H36O6/c1-15(27)19-9-10-20-18-8-7-16-13-17(28)11-12-25(16,2)24(18)21(14-26(19,20)3)32-23(31)6-4-5-22(29)30/h13,18-21,24H,4-12,14H2,1-3H3,(H,29,30)/t18-,19+,20-,21+,24+,25-,26+/m0/s1. The first-order chi connectivity index (χ1) is 15.1. The van der Waals surface area contributed by atoms with Gasteiger partial charge in [0.1, 0.15) is 11.9 Å². The molecule has 6 heteroatoms. The highest BCUT2D eigenvalue weighted by Crippen LogP contribution is 2.67. The van der Waals surface area contributed by atoms with Gasteiger partial charge in [0.2, 0.25) is 0 Å². The highest BCUT2D eigenvalue weighted by molar-refractivity contribution is 5.91. The molecule has 0 saturated heterocycles. The van der Waals surface area contributed by atoms with Gasteiger partial charge in [-0.15, -0.1) is 0 Å². The molecule has 6 nitrogen and oxygen atoms in total. The Hall–Kier alpha value is -1.98. The van der Waals surface area contributed by atoms with Crippen LogP contribution in [0.3, 0.4) is 0 Å². The molecule has 1 N–H and O–H groups in total. The van der Waals surface area contributed by atoms with Gasteiger partial charge in [0.05, 0.1) is 0 Å². The minimum Gasteiger partial charge on any atom is -0.481 e. The second-order valence-corrected chi connectivity index (χ2v) is 11.1. The van der Waals surface area contributed by atoms with E-state index in [1.165, 1.54) is 5.57 Å². The molecular weight excluding hydrogens is 408 g/mol. The van der Waals surface area contributed by atoms with Crippen LogP contribution < -0.4 is 0 Å². The van der Waals surface area contributed by atoms with E-state index in [1.807, 2.05) is 6.08 Å². The van der Waals surface area contributed by atoms with E-state index in [2.05, 4.69) is 13.8 Å². The first kappa shape index (κ1) is 23.2. The second-order valence-electron chi connectivity index (χ2n) is 11.1. The number of allylic oxidation sites excluding steroid dienone is 1. The van der Waals surface area contributed by atoms with E-state index >= 15 is 0 Å². The molecule has 0 bridgehead atoms. The lowest BCUT2D eigenvalue weighted by molar-refractivity contribution is -0.178. The lowest BCUT2D eigenvalue weighted by Crippen LogP contribution is -2.58. The van der Waals surface area contributed by atoms with Gasteiger partial charge in [0.15, 0.2) is 5.78 Å². The fraction of sp³-hybridized carbons (Fsp3) is 0.769. The van der Waals surface area contributed by atoms with E-state index in [-0.39, 0.29) is 65.6 Å². The molecule has 0 spiro atoms. The summed E-state index contributed by atoms with van der Waals surface area (Å²) in [6, 6.07) is 0. The van der Waals surface area contributed by atoms with E-state index < -0.39 is 5.97 Å². The topological polar surface area (TPSA) is 97.7 Å². The van der Waals surface area contributed by atoms with Crippen LogP contribution in [0.2, 0.25) is 0 Å². The Labute approximate surface area is 190 Å². The first-order valence-electron chi connectivity index (χ1n) is 12.2. The van der Waals surface area contributed by atoms with Gasteiger partial charge in [-0.05, 0) is 80.6 Å². The van der Waals surface area contributed by atoms with E-state index in [1.54, 1.807) is 6.92 Å². The van der Waals surface area contributed by atoms with Crippen LogP contribution in [0.5, 0.6) is 0 Å². The molecule has 4 aliphatic rings. The summed E-state index contributed by atoms with van der Waals surface area (Å²) in [5.41, 5.74) is 0.853. The van der Waals surface area contributed by atoms with Gasteiger partial charge in [-0.1, -0.05) is 19.4 Å². The maximum absolute atomic E-state index is 12.7. The molecule has 3 saturated carbocycles. The molecule has 0 aromatic carbocycles. The number of carboxylic acids is 1. The highest BCUT2D eigenvalue weighted by atomic mass is 16.5. The Bertz CT molecular complexity index is 858. The number of hydrogen-bond donors (Lipinski definition) is 1. The van der Waals surface area contributed by atoms with E-state index in [9.17, 15) is 19.2 Å². The van der Waals surface area contributed by atoms with Crippen LogP contribution in [0.1, 0.15) is 85.0 Å². The molecular formula is C26H36O6. The number of ketones is 2. The number of rotatable bonds is 6. The van der Waals surface area contributed by atoms with Crippen molar-refractivity contribution in [3.8, 4) is 0 Å². The molecule has 32 heavy (non-hydrogen) atoms. The molecule has 0 heterocycles. The van der Waals surface area contributed by atoms with Crippen LogP contribution in [0.15, 0.2) is 11.6 Å². The Morgan fingerprint density at radius 2 is 1.88 bits per heavy atom. The molecule has 0 aliphatic heterocycles. The Kier molecular flexibility index (Phi) is 6.10. The summed E-state index contributed by atoms with van der Waals surface area (Å²) < 4.78 is 6.13. The average Bonchev–Trinajstić information content (AvgIpc) is 3.05. The van der Waals surface area contributed by atoms with Crippen molar-refractivity contribution in [2.45, 2.75) is 91.1 Å². The van der Waals surface area contributed by atoms with Crippen molar-refractivity contribution >= 4 is 23.5 Å². The number of carbonyl (C=O) groups excluding carboxylic acids is 3. The van der Waals surface area contributed by atoms with Crippen molar-refractivity contribution in [3.63, 3.8) is 0 Å². The smallest absolute Gasteiger partial charge is 0.306 e. The van der Waals surface area contributed by atoms with E-state index in [4.69, 9.17) is 9.84 Å². The number of Topliss-reactive ketones (excluding diaryl/α,β-unsaturated/α-hetero) is 1. The summed E-state index contributed by atoms with van der Waals surface area (Å²) in [4.78, 5) is 48.3. The summed E-state index contributed by atoms with van der Waals surface area (Å²) in [5, 5.41) is 8.89. The van der Waals surface area contributed by atoms with Crippen LogP contribution in [0.25, 0.3) is 0 Å². The molecule has 0 aromatic rings. The largest absolute Gasteiger partial charge is 0.481 e. The average molecular weight is 445 g/mol. The molecule has 0 radical (unpaired) electrons. The zero-order valence-corrected chi connectivity index (χ0v) is 19.5. The molecule has 7 atom stereocenters. The zero-order chi connectivity index (χ0) is 23.3. The number of aliphatic carboxylic acids is 1. The third-order valence-electron chi connectivity index (χ3n) is 9.42. The van der Waals surface area contributed by atoms with Crippen molar-refractivity contribution in [1.82, 2.24) is 0 Å². The van der Waals surface area contributed by atoms with Crippen molar-refractivity contribution in [2.75, 3.05) is 0 Å². The Morgan fingerprint density at radius 1 is 1.12 bits per heavy atom. The van der Waals surface area contributed by atoms with E-state index in [0.717, 1.165) is 32.1 Å². The molecule has 0 amide bonds. The van der Waals surface area contributed by atoms with Crippen LogP contribution in [-0.2, 0) is 23.9 Å². The Balaban J connectivity index is 1.65. The highest BCUT2D eigenvalue weighted by Gasteiger charge is 2.63. The third kappa shape index (κ3) is 3.84. The van der Waals surface area contributed by atoms with Gasteiger partial charge in [0, 0.05) is 31.1 Å². The maximum Gasteiger partial charge on any atom is 0.306 e. The molecule has 4 rings (SSSR count). The number of carboxylic acid groups (broad SMARTS) is 1. The normalized spacial score (nSPS) is 40.5. The van der Waals surface area contributed by atoms with Crippen molar-refractivity contribution in [2.24, 2.45) is 34.5 Å². The fourth-order valence-electron chi connectivity index (χ4n) is 8.04. The zero-order valence-electron chi connectivity index (χ0n) is 19.5. The third-order valence-corrected chi connectivity index (χ3v) is 9.42. The van der Waals surface area contributed by atoms with Crippen molar-refractivity contribution in [1.29, 1.82) is 0 Å². The second kappa shape index (κ2) is 8.42. The summed E-state index contributed by atoms with van der Waals surface area (Å²) >= 11 is 0. The first-order valence-corrected chi connectivity index (χ1v) is 12.2. The number of ether oxygens (including phenoxy) is 1.